The Morgan fingerprint density at radius 2 is 2.21 bits per heavy atom. The molecule has 1 rings (SSSR count). The third kappa shape index (κ3) is 5.41. The Balaban J connectivity index is 2.21. The molecule has 4 N–H and O–H groups in total. The molecule has 2 amide bonds. The van der Waals surface area contributed by atoms with Crippen LogP contribution in [0, 0.1) is 5.92 Å². The summed E-state index contributed by atoms with van der Waals surface area (Å²) < 4.78 is 0. The molecule has 1 heterocycles. The number of hydrogen-bond donors (Lipinski definition) is 4. The number of H-pyrrole nitrogens is 1. The SMILES string of the molecule is CC(C)[C@H](NC(=O)NCCCc1ncc[nH]1)C(=O)O. The normalized spacial score (nSPS) is 12.2. The lowest BCUT2D eigenvalue weighted by Gasteiger charge is -2.18. The second-order valence-electron chi connectivity index (χ2n) is 4.60. The zero-order chi connectivity index (χ0) is 14.3. The van der Waals surface area contributed by atoms with Crippen LogP contribution >= 0.6 is 0 Å². The first-order chi connectivity index (χ1) is 9.00. The lowest BCUT2D eigenvalue weighted by atomic mass is 10.1. The summed E-state index contributed by atoms with van der Waals surface area (Å²) in [6.07, 6.45) is 4.89. The van der Waals surface area contributed by atoms with Crippen LogP contribution in [0.15, 0.2) is 12.4 Å². The van der Waals surface area contributed by atoms with E-state index in [0.29, 0.717) is 6.54 Å². The lowest BCUT2D eigenvalue weighted by Crippen LogP contribution is -2.48. The Morgan fingerprint density at radius 1 is 1.47 bits per heavy atom. The van der Waals surface area contributed by atoms with Gasteiger partial charge >= 0.3 is 12.0 Å². The van der Waals surface area contributed by atoms with Crippen molar-refractivity contribution >= 4 is 12.0 Å². The van der Waals surface area contributed by atoms with E-state index < -0.39 is 18.0 Å². The summed E-state index contributed by atoms with van der Waals surface area (Å²) in [5.74, 6) is -0.320. The van der Waals surface area contributed by atoms with E-state index in [4.69, 9.17) is 5.11 Å². The molecular weight excluding hydrogens is 248 g/mol. The molecule has 0 aliphatic heterocycles. The number of aromatic amines is 1. The average Bonchev–Trinajstić information content (AvgIpc) is 2.84. The van der Waals surface area contributed by atoms with E-state index in [1.165, 1.54) is 0 Å². The highest BCUT2D eigenvalue weighted by Crippen LogP contribution is 2.01. The minimum absolute atomic E-state index is 0.161. The van der Waals surface area contributed by atoms with Crippen LogP contribution in [0.3, 0.4) is 0 Å². The monoisotopic (exact) mass is 268 g/mol. The number of carbonyl (C=O) groups is 2. The third-order valence-corrected chi connectivity index (χ3v) is 2.65. The van der Waals surface area contributed by atoms with Crippen molar-refractivity contribution in [3.63, 3.8) is 0 Å². The molecule has 0 aliphatic rings. The maximum atomic E-state index is 11.5. The number of urea groups is 1. The lowest BCUT2D eigenvalue weighted by molar-refractivity contribution is -0.140. The topological polar surface area (TPSA) is 107 Å². The maximum absolute atomic E-state index is 11.5. The number of nitrogens with zero attached hydrogens (tertiary/aromatic N) is 1. The second-order valence-corrected chi connectivity index (χ2v) is 4.60. The third-order valence-electron chi connectivity index (χ3n) is 2.65. The number of carboxylic acid groups (broad SMARTS) is 1. The summed E-state index contributed by atoms with van der Waals surface area (Å²) in [6.45, 7) is 3.96. The van der Waals surface area contributed by atoms with Crippen molar-refractivity contribution in [1.82, 2.24) is 20.6 Å². The zero-order valence-electron chi connectivity index (χ0n) is 11.1. The van der Waals surface area contributed by atoms with Crippen molar-refractivity contribution in [3.05, 3.63) is 18.2 Å². The van der Waals surface area contributed by atoms with Gasteiger partial charge in [-0.3, -0.25) is 0 Å². The van der Waals surface area contributed by atoms with Crippen molar-refractivity contribution in [2.75, 3.05) is 6.54 Å². The molecule has 0 bridgehead atoms. The summed E-state index contributed by atoms with van der Waals surface area (Å²) in [4.78, 5) is 29.5. The van der Waals surface area contributed by atoms with Crippen LogP contribution in [0.5, 0.6) is 0 Å². The summed E-state index contributed by atoms with van der Waals surface area (Å²) in [6, 6.07) is -1.33. The van der Waals surface area contributed by atoms with Gasteiger partial charge in [0.25, 0.3) is 0 Å². The van der Waals surface area contributed by atoms with Gasteiger partial charge in [0.2, 0.25) is 0 Å². The van der Waals surface area contributed by atoms with Gasteiger partial charge in [0.1, 0.15) is 11.9 Å². The highest BCUT2D eigenvalue weighted by atomic mass is 16.4. The molecule has 0 aromatic carbocycles. The summed E-state index contributed by atoms with van der Waals surface area (Å²) >= 11 is 0. The Labute approximate surface area is 111 Å². The van der Waals surface area contributed by atoms with E-state index in [1.807, 2.05) is 0 Å². The molecular formula is C12H20N4O3. The molecule has 1 aromatic heterocycles. The minimum Gasteiger partial charge on any atom is -0.480 e. The molecule has 1 aromatic rings. The molecule has 1 atom stereocenters. The molecule has 106 valence electrons. The molecule has 7 heteroatoms. The van der Waals surface area contributed by atoms with E-state index in [2.05, 4.69) is 20.6 Å². The number of hydrogen-bond acceptors (Lipinski definition) is 3. The molecule has 0 saturated carbocycles. The average molecular weight is 268 g/mol. The molecule has 7 nitrogen and oxygen atoms in total. The van der Waals surface area contributed by atoms with Gasteiger partial charge in [-0.25, -0.2) is 14.6 Å². The molecule has 0 radical (unpaired) electrons. The Morgan fingerprint density at radius 3 is 2.74 bits per heavy atom. The molecule has 0 aliphatic carbocycles. The van der Waals surface area contributed by atoms with Gasteiger partial charge in [-0.2, -0.15) is 0 Å². The fourth-order valence-corrected chi connectivity index (χ4v) is 1.60. The number of aromatic nitrogens is 2. The molecule has 0 spiro atoms. The van der Waals surface area contributed by atoms with Crippen LogP contribution in [0.1, 0.15) is 26.1 Å². The van der Waals surface area contributed by atoms with Crippen LogP contribution in [0.4, 0.5) is 4.79 Å². The van der Waals surface area contributed by atoms with Gasteiger partial charge in [0.15, 0.2) is 0 Å². The summed E-state index contributed by atoms with van der Waals surface area (Å²) in [5, 5.41) is 14.0. The van der Waals surface area contributed by atoms with Gasteiger partial charge < -0.3 is 20.7 Å². The predicted molar refractivity (Wildman–Crippen MR) is 69.7 cm³/mol. The number of aryl methyl sites for hydroxylation is 1. The number of carboxylic acids is 1. The van der Waals surface area contributed by atoms with Crippen LogP contribution in [0.2, 0.25) is 0 Å². The number of carbonyl (C=O) groups excluding carboxylic acids is 1. The predicted octanol–water partition coefficient (Wildman–Crippen LogP) is 0.751. The smallest absolute Gasteiger partial charge is 0.326 e. The van der Waals surface area contributed by atoms with E-state index in [-0.39, 0.29) is 5.92 Å². The van der Waals surface area contributed by atoms with E-state index >= 15 is 0 Å². The molecule has 19 heavy (non-hydrogen) atoms. The largest absolute Gasteiger partial charge is 0.480 e. The van der Waals surface area contributed by atoms with Crippen LogP contribution < -0.4 is 10.6 Å². The number of imidazole rings is 1. The van der Waals surface area contributed by atoms with Gasteiger partial charge in [0.05, 0.1) is 0 Å². The standard InChI is InChI=1S/C12H20N4O3/c1-8(2)10(11(17)18)16-12(19)15-5-3-4-9-13-6-7-14-9/h6-8,10H,3-5H2,1-2H3,(H,13,14)(H,17,18)(H2,15,16,19)/t10-/m0/s1. The van der Waals surface area contributed by atoms with E-state index in [1.54, 1.807) is 26.2 Å². The van der Waals surface area contributed by atoms with Gasteiger partial charge in [-0.1, -0.05) is 13.8 Å². The van der Waals surface area contributed by atoms with Crippen LogP contribution in [-0.2, 0) is 11.2 Å². The number of rotatable bonds is 7. The number of aliphatic carboxylic acids is 1. The zero-order valence-corrected chi connectivity index (χ0v) is 11.1. The molecule has 0 fully saturated rings. The van der Waals surface area contributed by atoms with Crippen LogP contribution in [0.25, 0.3) is 0 Å². The Kier molecular flexibility index (Phi) is 5.84. The van der Waals surface area contributed by atoms with Gasteiger partial charge in [-0.05, 0) is 12.3 Å². The number of amides is 2. The first kappa shape index (κ1) is 15.0. The van der Waals surface area contributed by atoms with Crippen molar-refractivity contribution in [3.8, 4) is 0 Å². The van der Waals surface area contributed by atoms with Gasteiger partial charge in [0, 0.05) is 25.4 Å². The second kappa shape index (κ2) is 7.40. The fourth-order valence-electron chi connectivity index (χ4n) is 1.60. The quantitative estimate of drug-likeness (QED) is 0.547. The Hall–Kier alpha value is -2.05. The minimum atomic E-state index is -1.03. The first-order valence-electron chi connectivity index (χ1n) is 6.26. The molecule has 0 unspecified atom stereocenters. The summed E-state index contributed by atoms with van der Waals surface area (Å²) in [5.41, 5.74) is 0. The fraction of sp³-hybridized carbons (Fsp3) is 0.583. The number of nitrogens with one attached hydrogen (secondary N) is 3. The maximum Gasteiger partial charge on any atom is 0.326 e. The first-order valence-corrected chi connectivity index (χ1v) is 6.26. The molecule has 0 saturated heterocycles. The van der Waals surface area contributed by atoms with E-state index in [0.717, 1.165) is 18.7 Å². The van der Waals surface area contributed by atoms with Gasteiger partial charge in [-0.15, -0.1) is 0 Å². The highest BCUT2D eigenvalue weighted by Gasteiger charge is 2.22. The van der Waals surface area contributed by atoms with Crippen LogP contribution in [-0.4, -0.2) is 39.7 Å². The highest BCUT2D eigenvalue weighted by molar-refractivity contribution is 5.82. The van der Waals surface area contributed by atoms with Crippen molar-refractivity contribution < 1.29 is 14.7 Å². The van der Waals surface area contributed by atoms with Crippen molar-refractivity contribution in [2.45, 2.75) is 32.7 Å². The van der Waals surface area contributed by atoms with Crippen molar-refractivity contribution in [2.24, 2.45) is 5.92 Å². The Bertz CT molecular complexity index is 403. The summed E-state index contributed by atoms with van der Waals surface area (Å²) in [7, 11) is 0. The van der Waals surface area contributed by atoms with Crippen molar-refractivity contribution in [1.29, 1.82) is 0 Å². The van der Waals surface area contributed by atoms with E-state index in [9.17, 15) is 9.59 Å².